The Morgan fingerprint density at radius 2 is 2.83 bits per heavy atom. The molecule has 0 bridgehead atoms. The lowest BCUT2D eigenvalue weighted by molar-refractivity contribution is 0.808. The van der Waals surface area contributed by atoms with Gasteiger partial charge in [0.2, 0.25) is 0 Å². The third-order valence-corrected chi connectivity index (χ3v) is 1.08. The third kappa shape index (κ3) is 0.786. The molecule has 2 nitrogen and oxygen atoms in total. The summed E-state index contributed by atoms with van der Waals surface area (Å²) in [7, 11) is 0. The lowest BCUT2D eigenvalue weighted by Crippen LogP contribution is -2.14. The molecule has 0 spiro atoms. The molecular formula is C3H4BrN2. The van der Waals surface area contributed by atoms with Crippen LogP contribution in [0.2, 0.25) is 0 Å². The fourth-order valence-corrected chi connectivity index (χ4v) is 0.608. The van der Waals surface area contributed by atoms with Crippen LogP contribution in [0.25, 0.3) is 0 Å². The minimum atomic E-state index is 0.123. The SMILES string of the molecule is BrC1N=[C]CN1. The molecule has 0 aliphatic carbocycles. The first-order chi connectivity index (χ1) is 2.89. The minimum Gasteiger partial charge on any atom is -0.281 e. The fraction of sp³-hybridized carbons (Fsp3) is 0.667. The van der Waals surface area contributed by atoms with Crippen molar-refractivity contribution in [2.45, 2.75) is 5.08 Å². The molecule has 0 saturated carbocycles. The maximum atomic E-state index is 3.79. The van der Waals surface area contributed by atoms with Crippen molar-refractivity contribution in [2.24, 2.45) is 4.99 Å². The normalized spacial score (nSPS) is 31.8. The largest absolute Gasteiger partial charge is 0.281 e. The van der Waals surface area contributed by atoms with Crippen LogP contribution in [0.5, 0.6) is 0 Å². The zero-order chi connectivity index (χ0) is 4.41. The summed E-state index contributed by atoms with van der Waals surface area (Å²) in [6, 6.07) is 0. The quantitative estimate of drug-likeness (QED) is 0.385. The van der Waals surface area contributed by atoms with E-state index in [0.717, 1.165) is 6.54 Å². The summed E-state index contributed by atoms with van der Waals surface area (Å²) >= 11 is 3.20. The minimum absolute atomic E-state index is 0.123. The van der Waals surface area contributed by atoms with Crippen LogP contribution >= 0.6 is 15.9 Å². The van der Waals surface area contributed by atoms with E-state index in [-0.39, 0.29) is 5.08 Å². The van der Waals surface area contributed by atoms with Crippen molar-refractivity contribution >= 4 is 22.1 Å². The first-order valence-electron chi connectivity index (χ1n) is 1.70. The van der Waals surface area contributed by atoms with E-state index >= 15 is 0 Å². The van der Waals surface area contributed by atoms with Crippen molar-refractivity contribution in [2.75, 3.05) is 6.54 Å². The number of alkyl halides is 1. The summed E-state index contributed by atoms with van der Waals surface area (Å²) < 4.78 is 0. The van der Waals surface area contributed by atoms with Gasteiger partial charge < -0.3 is 0 Å². The zero-order valence-electron chi connectivity index (χ0n) is 3.11. The maximum Gasteiger partial charge on any atom is 0.156 e. The molecule has 1 unspecified atom stereocenters. The molecule has 1 rings (SSSR count). The van der Waals surface area contributed by atoms with E-state index in [1.54, 1.807) is 0 Å². The highest BCUT2D eigenvalue weighted by molar-refractivity contribution is 9.09. The smallest absolute Gasteiger partial charge is 0.156 e. The van der Waals surface area contributed by atoms with Crippen LogP contribution < -0.4 is 5.32 Å². The molecule has 0 aromatic heterocycles. The Bertz CT molecular complexity index is 71.2. The van der Waals surface area contributed by atoms with E-state index in [1.165, 1.54) is 0 Å². The fourth-order valence-electron chi connectivity index (χ4n) is 0.301. The average Bonchev–Trinajstić information content (AvgIpc) is 1.86. The van der Waals surface area contributed by atoms with Gasteiger partial charge in [0.15, 0.2) is 5.08 Å². The summed E-state index contributed by atoms with van der Waals surface area (Å²) in [6.07, 6.45) is 2.74. The van der Waals surface area contributed by atoms with Crippen molar-refractivity contribution in [1.82, 2.24) is 5.32 Å². The number of nitrogens with zero attached hydrogens (tertiary/aromatic N) is 1. The Labute approximate surface area is 44.8 Å². The second-order valence-corrected chi connectivity index (χ2v) is 1.87. The maximum absolute atomic E-state index is 3.79. The number of aliphatic imine (C=N–C) groups is 1. The molecule has 1 N–H and O–H groups in total. The highest BCUT2D eigenvalue weighted by Crippen LogP contribution is 1.97. The van der Waals surface area contributed by atoms with E-state index in [0.29, 0.717) is 0 Å². The van der Waals surface area contributed by atoms with E-state index < -0.39 is 0 Å². The molecule has 0 aromatic rings. The molecule has 33 valence electrons. The lowest BCUT2D eigenvalue weighted by Gasteiger charge is -1.90. The van der Waals surface area contributed by atoms with Gasteiger partial charge >= 0.3 is 0 Å². The predicted molar refractivity (Wildman–Crippen MR) is 28.2 cm³/mol. The van der Waals surface area contributed by atoms with E-state index in [9.17, 15) is 0 Å². The molecule has 6 heavy (non-hydrogen) atoms. The topological polar surface area (TPSA) is 24.4 Å². The van der Waals surface area contributed by atoms with Gasteiger partial charge in [-0.05, 0) is 15.9 Å². The van der Waals surface area contributed by atoms with Crippen molar-refractivity contribution in [3.05, 3.63) is 0 Å². The molecule has 0 aromatic carbocycles. The number of rotatable bonds is 0. The van der Waals surface area contributed by atoms with Gasteiger partial charge in [-0.3, -0.25) is 10.3 Å². The molecule has 0 amide bonds. The lowest BCUT2D eigenvalue weighted by atomic mass is 10.8. The van der Waals surface area contributed by atoms with Crippen LogP contribution in [-0.2, 0) is 0 Å². The van der Waals surface area contributed by atoms with Gasteiger partial charge in [0, 0.05) is 6.54 Å². The Hall–Kier alpha value is 0.110. The highest BCUT2D eigenvalue weighted by Gasteiger charge is 2.00. The molecule has 0 saturated heterocycles. The van der Waals surface area contributed by atoms with Gasteiger partial charge in [0.05, 0.1) is 6.21 Å². The van der Waals surface area contributed by atoms with Crippen LogP contribution in [0.15, 0.2) is 4.99 Å². The molecule has 1 aliphatic rings. The zero-order valence-corrected chi connectivity index (χ0v) is 4.70. The summed E-state index contributed by atoms with van der Waals surface area (Å²) in [5.74, 6) is 0. The van der Waals surface area contributed by atoms with E-state index in [2.05, 4.69) is 32.5 Å². The third-order valence-electron chi connectivity index (χ3n) is 0.554. The standard InChI is InChI=1S/C3H4BrN2/c4-3-5-1-2-6-3/h3,5H,1H2. The van der Waals surface area contributed by atoms with Crippen LogP contribution in [-0.4, -0.2) is 17.8 Å². The molecule has 1 atom stereocenters. The predicted octanol–water partition coefficient (Wildman–Crippen LogP) is 0.216. The molecular weight excluding hydrogens is 144 g/mol. The summed E-state index contributed by atoms with van der Waals surface area (Å²) in [5, 5.41) is 3.08. The molecule has 0 fully saturated rings. The van der Waals surface area contributed by atoms with Gasteiger partial charge in [0.25, 0.3) is 0 Å². The first kappa shape index (κ1) is 4.27. The highest BCUT2D eigenvalue weighted by atomic mass is 79.9. The van der Waals surface area contributed by atoms with Gasteiger partial charge in [0.1, 0.15) is 0 Å². The number of hydrogen-bond acceptors (Lipinski definition) is 2. The van der Waals surface area contributed by atoms with Crippen LogP contribution in [0.3, 0.4) is 0 Å². The van der Waals surface area contributed by atoms with Crippen molar-refractivity contribution in [1.29, 1.82) is 0 Å². The molecule has 1 aliphatic heterocycles. The van der Waals surface area contributed by atoms with Crippen molar-refractivity contribution in [3.63, 3.8) is 0 Å². The summed E-state index contributed by atoms with van der Waals surface area (Å²) in [5.41, 5.74) is 0. The number of halogens is 1. The van der Waals surface area contributed by atoms with Crippen LogP contribution in [0.1, 0.15) is 0 Å². The Balaban J connectivity index is 2.38. The van der Waals surface area contributed by atoms with Gasteiger partial charge in [-0.1, -0.05) is 0 Å². The monoisotopic (exact) mass is 147 g/mol. The number of hydrogen-bond donors (Lipinski definition) is 1. The Morgan fingerprint density at radius 1 is 2.00 bits per heavy atom. The molecule has 3 heteroatoms. The van der Waals surface area contributed by atoms with Gasteiger partial charge in [-0.2, -0.15) is 0 Å². The second-order valence-electron chi connectivity index (χ2n) is 1.00. The van der Waals surface area contributed by atoms with E-state index in [4.69, 9.17) is 0 Å². The number of nitrogens with one attached hydrogen (secondary N) is 1. The van der Waals surface area contributed by atoms with Gasteiger partial charge in [-0.15, -0.1) is 0 Å². The first-order valence-corrected chi connectivity index (χ1v) is 2.61. The second kappa shape index (κ2) is 1.71. The molecule has 1 heterocycles. The Kier molecular flexibility index (Phi) is 1.22. The van der Waals surface area contributed by atoms with Crippen molar-refractivity contribution in [3.8, 4) is 0 Å². The summed E-state index contributed by atoms with van der Waals surface area (Å²) in [6.45, 7) is 0.774. The van der Waals surface area contributed by atoms with Gasteiger partial charge in [-0.25, -0.2) is 0 Å². The average molecular weight is 148 g/mol. The van der Waals surface area contributed by atoms with Crippen LogP contribution in [0.4, 0.5) is 0 Å². The van der Waals surface area contributed by atoms with Crippen LogP contribution in [0, 0.1) is 0 Å². The van der Waals surface area contributed by atoms with Crippen molar-refractivity contribution < 1.29 is 0 Å². The summed E-state index contributed by atoms with van der Waals surface area (Å²) in [4.78, 5) is 3.79. The van der Waals surface area contributed by atoms with E-state index in [1.807, 2.05) is 0 Å². The molecule has 1 radical (unpaired) electrons. The Morgan fingerprint density at radius 3 is 3.00 bits per heavy atom.